The summed E-state index contributed by atoms with van der Waals surface area (Å²) in [6.07, 6.45) is 3.43. The van der Waals surface area contributed by atoms with Crippen molar-refractivity contribution in [2.45, 2.75) is 0 Å². The molecule has 0 spiro atoms. The minimum Gasteiger partial charge on any atom is -0.497 e. The Kier molecular flexibility index (Phi) is 6.85. The highest BCUT2D eigenvalue weighted by atomic mass is 32.1. The average molecular weight is 566 g/mol. The van der Waals surface area contributed by atoms with E-state index in [1.807, 2.05) is 72.1 Å². The number of carbonyl (C=O) groups excluding carboxylic acids is 1. The van der Waals surface area contributed by atoms with Gasteiger partial charge in [0.2, 0.25) is 0 Å². The van der Waals surface area contributed by atoms with Gasteiger partial charge < -0.3 is 15.2 Å². The summed E-state index contributed by atoms with van der Waals surface area (Å²) in [6.45, 7) is 0. The summed E-state index contributed by atoms with van der Waals surface area (Å²) in [5.41, 5.74) is 11.9. The van der Waals surface area contributed by atoms with Crippen molar-refractivity contribution in [3.8, 4) is 45.1 Å². The second-order valence-corrected chi connectivity index (χ2v) is 10.6. The zero-order valence-corrected chi connectivity index (χ0v) is 23.2. The molecule has 0 saturated heterocycles. The number of hydrogen-bond acceptors (Lipinski definition) is 9. The number of thiophene rings is 1. The number of pyridine rings is 2. The standard InChI is InChI=1S/C30H23N5O3S2/c1-37-19-10-11-24(38-2)20(13-19)21-14-22(17-7-4-3-5-8-17)33-29-25(21)26(31)27(40-29)28(36)35-30-34-23(16-39-30)18-9-6-12-32-15-18/h3-16H,31H2,1-2H3,(H,34,35,36). The number of ether oxygens (including phenoxy) is 2. The third-order valence-corrected chi connectivity index (χ3v) is 8.21. The number of nitrogen functional groups attached to an aromatic ring is 1. The van der Waals surface area contributed by atoms with Crippen LogP contribution in [0, 0.1) is 0 Å². The first-order valence-electron chi connectivity index (χ1n) is 12.2. The SMILES string of the molecule is COc1ccc(OC)c(-c2cc(-c3ccccc3)nc3sc(C(=O)Nc4nc(-c5cccnc5)cs4)c(N)c23)c1. The maximum absolute atomic E-state index is 13.5. The number of anilines is 2. The van der Waals surface area contributed by atoms with Gasteiger partial charge in [0, 0.05) is 45.4 Å². The molecule has 0 aliphatic rings. The molecular formula is C30H23N5O3S2. The first-order valence-corrected chi connectivity index (χ1v) is 13.9. The summed E-state index contributed by atoms with van der Waals surface area (Å²) in [7, 11) is 3.23. The van der Waals surface area contributed by atoms with E-state index in [4.69, 9.17) is 20.2 Å². The van der Waals surface area contributed by atoms with E-state index in [9.17, 15) is 4.79 Å². The fraction of sp³-hybridized carbons (Fsp3) is 0.0667. The predicted molar refractivity (Wildman–Crippen MR) is 161 cm³/mol. The molecule has 0 aliphatic heterocycles. The Morgan fingerprint density at radius 2 is 1.73 bits per heavy atom. The second kappa shape index (κ2) is 10.8. The smallest absolute Gasteiger partial charge is 0.269 e. The van der Waals surface area contributed by atoms with Crippen LogP contribution in [0.4, 0.5) is 10.8 Å². The Labute approximate surface area is 238 Å². The zero-order valence-electron chi connectivity index (χ0n) is 21.5. The summed E-state index contributed by atoms with van der Waals surface area (Å²) in [5.74, 6) is 0.967. The third-order valence-electron chi connectivity index (χ3n) is 6.35. The lowest BCUT2D eigenvalue weighted by molar-refractivity contribution is 0.103. The van der Waals surface area contributed by atoms with Crippen molar-refractivity contribution < 1.29 is 14.3 Å². The average Bonchev–Trinajstić information content (AvgIpc) is 3.61. The van der Waals surface area contributed by atoms with Gasteiger partial charge in [-0.15, -0.1) is 22.7 Å². The summed E-state index contributed by atoms with van der Waals surface area (Å²) < 4.78 is 11.2. The molecule has 198 valence electrons. The number of aromatic nitrogens is 3. The molecule has 6 aromatic rings. The van der Waals surface area contributed by atoms with Crippen LogP contribution in [0.5, 0.6) is 11.5 Å². The van der Waals surface area contributed by atoms with Gasteiger partial charge in [0.15, 0.2) is 5.13 Å². The van der Waals surface area contributed by atoms with Crippen molar-refractivity contribution in [2.75, 3.05) is 25.3 Å². The number of fused-ring (bicyclic) bond motifs is 1. The Morgan fingerprint density at radius 3 is 2.48 bits per heavy atom. The van der Waals surface area contributed by atoms with Crippen LogP contribution in [0.25, 0.3) is 43.9 Å². The Morgan fingerprint density at radius 1 is 0.900 bits per heavy atom. The maximum atomic E-state index is 13.5. The fourth-order valence-corrected chi connectivity index (χ4v) is 6.15. The summed E-state index contributed by atoms with van der Waals surface area (Å²) in [6, 6.07) is 21.2. The molecule has 0 unspecified atom stereocenters. The van der Waals surface area contributed by atoms with Crippen LogP contribution in [-0.2, 0) is 0 Å². The minimum absolute atomic E-state index is 0.341. The number of methoxy groups -OCH3 is 2. The van der Waals surface area contributed by atoms with Crippen molar-refractivity contribution in [1.29, 1.82) is 0 Å². The van der Waals surface area contributed by atoms with Gasteiger partial charge >= 0.3 is 0 Å². The Balaban J connectivity index is 1.46. The minimum atomic E-state index is -0.350. The number of thiazole rings is 1. The van der Waals surface area contributed by atoms with Gasteiger partial charge in [0.1, 0.15) is 21.2 Å². The Hall–Kier alpha value is -4.80. The van der Waals surface area contributed by atoms with Gasteiger partial charge in [-0.05, 0) is 36.4 Å². The third kappa shape index (κ3) is 4.74. The number of benzene rings is 2. The largest absolute Gasteiger partial charge is 0.497 e. The monoisotopic (exact) mass is 565 g/mol. The van der Waals surface area contributed by atoms with Crippen molar-refractivity contribution in [3.05, 3.63) is 89.4 Å². The fourth-order valence-electron chi connectivity index (χ4n) is 4.42. The lowest BCUT2D eigenvalue weighted by Gasteiger charge is -2.13. The van der Waals surface area contributed by atoms with Crippen LogP contribution < -0.4 is 20.5 Å². The molecule has 1 amide bonds. The molecule has 2 aromatic carbocycles. The van der Waals surface area contributed by atoms with Crippen molar-refractivity contribution >= 4 is 49.6 Å². The van der Waals surface area contributed by atoms with Crippen LogP contribution in [0.1, 0.15) is 9.67 Å². The number of hydrogen-bond donors (Lipinski definition) is 2. The van der Waals surface area contributed by atoms with Gasteiger partial charge in [-0.2, -0.15) is 0 Å². The number of amides is 1. The molecule has 0 bridgehead atoms. The molecule has 3 N–H and O–H groups in total. The molecule has 0 radical (unpaired) electrons. The van der Waals surface area contributed by atoms with Crippen molar-refractivity contribution in [3.63, 3.8) is 0 Å². The zero-order chi connectivity index (χ0) is 27.6. The quantitative estimate of drug-likeness (QED) is 0.214. The second-order valence-electron chi connectivity index (χ2n) is 8.75. The van der Waals surface area contributed by atoms with Crippen molar-refractivity contribution in [1.82, 2.24) is 15.0 Å². The van der Waals surface area contributed by atoms with Crippen LogP contribution in [0.3, 0.4) is 0 Å². The maximum Gasteiger partial charge on any atom is 0.269 e. The molecule has 0 aliphatic carbocycles. The first-order chi connectivity index (χ1) is 19.6. The highest BCUT2D eigenvalue weighted by molar-refractivity contribution is 7.21. The van der Waals surface area contributed by atoms with E-state index in [-0.39, 0.29) is 5.91 Å². The van der Waals surface area contributed by atoms with Crippen LogP contribution in [0.15, 0.2) is 84.5 Å². The van der Waals surface area contributed by atoms with E-state index in [1.165, 1.54) is 22.7 Å². The lowest BCUT2D eigenvalue weighted by Crippen LogP contribution is -2.11. The first kappa shape index (κ1) is 25.5. The topological polar surface area (TPSA) is 112 Å². The summed E-state index contributed by atoms with van der Waals surface area (Å²) in [4.78, 5) is 28.1. The predicted octanol–water partition coefficient (Wildman–Crippen LogP) is 7.00. The molecular weight excluding hydrogens is 542 g/mol. The number of nitrogens with two attached hydrogens (primary N) is 1. The molecule has 0 saturated carbocycles. The molecule has 0 fully saturated rings. The van der Waals surface area contributed by atoms with Gasteiger partial charge in [-0.1, -0.05) is 30.3 Å². The number of rotatable bonds is 7. The van der Waals surface area contributed by atoms with Crippen LogP contribution >= 0.6 is 22.7 Å². The van der Waals surface area contributed by atoms with Crippen LogP contribution in [0.2, 0.25) is 0 Å². The van der Waals surface area contributed by atoms with E-state index in [0.717, 1.165) is 33.6 Å². The molecule has 0 atom stereocenters. The van der Waals surface area contributed by atoms with E-state index in [0.29, 0.717) is 37.4 Å². The molecule has 10 heteroatoms. The lowest BCUT2D eigenvalue weighted by atomic mass is 9.98. The highest BCUT2D eigenvalue weighted by Crippen LogP contribution is 2.45. The molecule has 6 rings (SSSR count). The van der Waals surface area contributed by atoms with Gasteiger partial charge in [0.05, 0.1) is 31.3 Å². The summed E-state index contributed by atoms with van der Waals surface area (Å²) >= 11 is 2.58. The normalized spacial score (nSPS) is 10.9. The summed E-state index contributed by atoms with van der Waals surface area (Å²) in [5, 5.41) is 5.92. The molecule has 40 heavy (non-hydrogen) atoms. The van der Waals surface area contributed by atoms with E-state index in [2.05, 4.69) is 15.3 Å². The molecule has 8 nitrogen and oxygen atoms in total. The number of nitrogens with zero attached hydrogens (tertiary/aromatic N) is 3. The van der Waals surface area contributed by atoms with Crippen molar-refractivity contribution in [2.24, 2.45) is 0 Å². The van der Waals surface area contributed by atoms with E-state index >= 15 is 0 Å². The van der Waals surface area contributed by atoms with E-state index < -0.39 is 0 Å². The highest BCUT2D eigenvalue weighted by Gasteiger charge is 2.24. The van der Waals surface area contributed by atoms with Gasteiger partial charge in [0.25, 0.3) is 5.91 Å². The molecule has 4 heterocycles. The van der Waals surface area contributed by atoms with Gasteiger partial charge in [-0.3, -0.25) is 15.1 Å². The van der Waals surface area contributed by atoms with E-state index in [1.54, 1.807) is 26.6 Å². The van der Waals surface area contributed by atoms with Crippen LogP contribution in [-0.4, -0.2) is 35.1 Å². The number of nitrogens with one attached hydrogen (secondary N) is 1. The Bertz CT molecular complexity index is 1840. The van der Waals surface area contributed by atoms with Gasteiger partial charge in [-0.25, -0.2) is 9.97 Å². The number of carbonyl (C=O) groups is 1. The molecule has 4 aromatic heterocycles.